The Morgan fingerprint density at radius 1 is 1.18 bits per heavy atom. The Morgan fingerprint density at radius 3 is 2.55 bits per heavy atom. The second kappa shape index (κ2) is 7.51. The van der Waals surface area contributed by atoms with Crippen LogP contribution in [0.25, 0.3) is 5.69 Å². The Balaban J connectivity index is 2.37. The summed E-state index contributed by atoms with van der Waals surface area (Å²) < 4.78 is 1.20. The number of amides is 1. The molecular weight excluding hydrogens is 282 g/mol. The van der Waals surface area contributed by atoms with Gasteiger partial charge in [-0.15, -0.1) is 0 Å². The molecule has 1 N–H and O–H groups in total. The number of carbonyl (C=O) groups is 1. The zero-order valence-electron chi connectivity index (χ0n) is 12.5. The summed E-state index contributed by atoms with van der Waals surface area (Å²) in [5.41, 5.74) is 0.489. The van der Waals surface area contributed by atoms with Gasteiger partial charge >= 0.3 is 0 Å². The highest BCUT2D eigenvalue weighted by atomic mass is 16.3. The quantitative estimate of drug-likeness (QED) is 0.866. The topological polar surface area (TPSA) is 75.4 Å². The van der Waals surface area contributed by atoms with Crippen LogP contribution in [0, 0.1) is 0 Å². The van der Waals surface area contributed by atoms with Crippen LogP contribution >= 0.6 is 0 Å². The van der Waals surface area contributed by atoms with Gasteiger partial charge in [-0.3, -0.25) is 9.59 Å². The molecule has 6 nitrogen and oxygen atoms in total. The van der Waals surface area contributed by atoms with Gasteiger partial charge in [0, 0.05) is 19.2 Å². The molecule has 0 atom stereocenters. The van der Waals surface area contributed by atoms with Crippen LogP contribution in [0.1, 0.15) is 23.8 Å². The van der Waals surface area contributed by atoms with E-state index in [4.69, 9.17) is 5.11 Å². The summed E-state index contributed by atoms with van der Waals surface area (Å²) in [7, 11) is 0. The van der Waals surface area contributed by atoms with Crippen molar-refractivity contribution in [3.05, 3.63) is 58.5 Å². The molecule has 1 aromatic carbocycles. The summed E-state index contributed by atoms with van der Waals surface area (Å²) >= 11 is 0. The summed E-state index contributed by atoms with van der Waals surface area (Å²) in [5.74, 6) is -0.291. The number of para-hydroxylation sites is 1. The Bertz CT molecular complexity index is 677. The predicted octanol–water partition coefficient (Wildman–Crippen LogP) is 1.08. The Morgan fingerprint density at radius 2 is 1.91 bits per heavy atom. The number of aliphatic hydroxyl groups excluding tert-OH is 1. The SMILES string of the molecule is CCCN(CCO)C(=O)c1ccc(=O)n(-c2ccccc2)n1. The van der Waals surface area contributed by atoms with E-state index in [-0.39, 0.29) is 30.3 Å². The van der Waals surface area contributed by atoms with Gasteiger partial charge in [-0.2, -0.15) is 9.78 Å². The molecule has 0 spiro atoms. The molecular formula is C16H19N3O3. The van der Waals surface area contributed by atoms with E-state index in [0.29, 0.717) is 12.2 Å². The predicted molar refractivity (Wildman–Crippen MR) is 83.1 cm³/mol. The highest BCUT2D eigenvalue weighted by molar-refractivity contribution is 5.92. The lowest BCUT2D eigenvalue weighted by Crippen LogP contribution is -2.36. The Hall–Kier alpha value is -2.47. The molecule has 2 rings (SSSR count). The Kier molecular flexibility index (Phi) is 5.43. The van der Waals surface area contributed by atoms with Crippen LogP contribution in [0.15, 0.2) is 47.3 Å². The normalized spacial score (nSPS) is 10.5. The second-order valence-electron chi connectivity index (χ2n) is 4.82. The summed E-state index contributed by atoms with van der Waals surface area (Å²) in [6, 6.07) is 11.7. The van der Waals surface area contributed by atoms with Crippen molar-refractivity contribution in [2.45, 2.75) is 13.3 Å². The smallest absolute Gasteiger partial charge is 0.274 e. The minimum atomic E-state index is -0.299. The molecule has 1 heterocycles. The van der Waals surface area contributed by atoms with Crippen molar-refractivity contribution in [2.75, 3.05) is 19.7 Å². The van der Waals surface area contributed by atoms with Crippen molar-refractivity contribution in [1.29, 1.82) is 0 Å². The molecule has 0 aliphatic heterocycles. The van der Waals surface area contributed by atoms with Gasteiger partial charge in [0.2, 0.25) is 0 Å². The van der Waals surface area contributed by atoms with Crippen LogP contribution in [0.4, 0.5) is 0 Å². The maximum atomic E-state index is 12.5. The van der Waals surface area contributed by atoms with E-state index >= 15 is 0 Å². The fraction of sp³-hybridized carbons (Fsp3) is 0.312. The van der Waals surface area contributed by atoms with E-state index in [1.165, 1.54) is 21.7 Å². The molecule has 0 fully saturated rings. The molecule has 1 amide bonds. The van der Waals surface area contributed by atoms with Gasteiger partial charge in [0.05, 0.1) is 12.3 Å². The van der Waals surface area contributed by atoms with E-state index in [2.05, 4.69) is 5.10 Å². The zero-order chi connectivity index (χ0) is 15.9. The molecule has 0 aliphatic carbocycles. The molecule has 0 aliphatic rings. The van der Waals surface area contributed by atoms with Crippen LogP contribution in [-0.2, 0) is 0 Å². The highest BCUT2D eigenvalue weighted by Crippen LogP contribution is 2.05. The van der Waals surface area contributed by atoms with Gasteiger partial charge in [0.1, 0.15) is 5.69 Å². The highest BCUT2D eigenvalue weighted by Gasteiger charge is 2.17. The third-order valence-electron chi connectivity index (χ3n) is 3.17. The van der Waals surface area contributed by atoms with Crippen molar-refractivity contribution in [2.24, 2.45) is 0 Å². The summed E-state index contributed by atoms with van der Waals surface area (Å²) in [6.07, 6.45) is 0.782. The average molecular weight is 301 g/mol. The fourth-order valence-electron chi connectivity index (χ4n) is 2.15. The van der Waals surface area contributed by atoms with Gasteiger partial charge in [-0.25, -0.2) is 0 Å². The first kappa shape index (κ1) is 15.9. The number of aromatic nitrogens is 2. The van der Waals surface area contributed by atoms with Crippen molar-refractivity contribution in [3.63, 3.8) is 0 Å². The maximum Gasteiger partial charge on any atom is 0.274 e. The number of hydrogen-bond donors (Lipinski definition) is 1. The summed E-state index contributed by atoms with van der Waals surface area (Å²) in [5, 5.41) is 13.2. The molecule has 116 valence electrons. The summed E-state index contributed by atoms with van der Waals surface area (Å²) in [4.78, 5) is 25.9. The van der Waals surface area contributed by atoms with Crippen LogP contribution < -0.4 is 5.56 Å². The third kappa shape index (κ3) is 3.59. The first-order valence-corrected chi connectivity index (χ1v) is 7.23. The number of aliphatic hydroxyl groups is 1. The first-order chi connectivity index (χ1) is 10.7. The fourth-order valence-corrected chi connectivity index (χ4v) is 2.15. The number of benzene rings is 1. The molecule has 22 heavy (non-hydrogen) atoms. The number of nitrogens with zero attached hydrogens (tertiary/aromatic N) is 3. The third-order valence-corrected chi connectivity index (χ3v) is 3.17. The maximum absolute atomic E-state index is 12.5. The second-order valence-corrected chi connectivity index (χ2v) is 4.82. The lowest BCUT2D eigenvalue weighted by Gasteiger charge is -2.20. The number of rotatable bonds is 6. The first-order valence-electron chi connectivity index (χ1n) is 7.23. The Labute approximate surface area is 128 Å². The van der Waals surface area contributed by atoms with Crippen LogP contribution in [-0.4, -0.2) is 45.4 Å². The van der Waals surface area contributed by atoms with E-state index in [9.17, 15) is 9.59 Å². The molecule has 0 bridgehead atoms. The van der Waals surface area contributed by atoms with Gasteiger partial charge in [-0.1, -0.05) is 25.1 Å². The minimum absolute atomic E-state index is 0.107. The zero-order valence-corrected chi connectivity index (χ0v) is 12.5. The molecule has 0 radical (unpaired) electrons. The monoisotopic (exact) mass is 301 g/mol. The molecule has 6 heteroatoms. The van der Waals surface area contributed by atoms with Gasteiger partial charge in [0.25, 0.3) is 11.5 Å². The van der Waals surface area contributed by atoms with Crippen molar-refractivity contribution >= 4 is 5.91 Å². The van der Waals surface area contributed by atoms with E-state index in [1.807, 2.05) is 13.0 Å². The molecule has 2 aromatic rings. The summed E-state index contributed by atoms with van der Waals surface area (Å²) in [6.45, 7) is 2.63. The number of hydrogen-bond acceptors (Lipinski definition) is 4. The van der Waals surface area contributed by atoms with Crippen LogP contribution in [0.5, 0.6) is 0 Å². The van der Waals surface area contributed by atoms with Crippen LogP contribution in [0.2, 0.25) is 0 Å². The lowest BCUT2D eigenvalue weighted by atomic mass is 10.3. The van der Waals surface area contributed by atoms with Crippen molar-refractivity contribution < 1.29 is 9.90 Å². The molecule has 0 saturated carbocycles. The van der Waals surface area contributed by atoms with Gasteiger partial charge < -0.3 is 10.0 Å². The largest absolute Gasteiger partial charge is 0.395 e. The van der Waals surface area contributed by atoms with Gasteiger partial charge in [0.15, 0.2) is 0 Å². The molecule has 1 aromatic heterocycles. The van der Waals surface area contributed by atoms with Crippen LogP contribution in [0.3, 0.4) is 0 Å². The van der Waals surface area contributed by atoms with Gasteiger partial charge in [-0.05, 0) is 24.6 Å². The van der Waals surface area contributed by atoms with E-state index < -0.39 is 0 Å². The molecule has 0 unspecified atom stereocenters. The number of carbonyl (C=O) groups excluding carboxylic acids is 1. The lowest BCUT2D eigenvalue weighted by molar-refractivity contribution is 0.0714. The van der Waals surface area contributed by atoms with Crippen molar-refractivity contribution in [3.8, 4) is 5.69 Å². The van der Waals surface area contributed by atoms with E-state index in [0.717, 1.165) is 6.42 Å². The minimum Gasteiger partial charge on any atom is -0.395 e. The standard InChI is InChI=1S/C16H19N3O3/c1-2-10-18(11-12-20)16(22)14-8-9-15(21)19(17-14)13-6-4-3-5-7-13/h3-9,20H,2,10-12H2,1H3. The van der Waals surface area contributed by atoms with Crippen molar-refractivity contribution in [1.82, 2.24) is 14.7 Å². The molecule has 0 saturated heterocycles. The average Bonchev–Trinajstić information content (AvgIpc) is 2.55. The van der Waals surface area contributed by atoms with E-state index in [1.54, 1.807) is 24.3 Å².